The van der Waals surface area contributed by atoms with Crippen LogP contribution in [0.5, 0.6) is 0 Å². The number of carbonyl (C=O) groups is 1. The summed E-state index contributed by atoms with van der Waals surface area (Å²) in [6, 6.07) is 9.58. The van der Waals surface area contributed by atoms with E-state index < -0.39 is 0 Å². The van der Waals surface area contributed by atoms with Crippen LogP contribution >= 0.6 is 0 Å². The lowest BCUT2D eigenvalue weighted by molar-refractivity contribution is 0.249. The molecule has 104 valence electrons. The van der Waals surface area contributed by atoms with E-state index in [2.05, 4.69) is 26.1 Å². The van der Waals surface area contributed by atoms with Gasteiger partial charge in [-0.15, -0.1) is 0 Å². The Balaban J connectivity index is 2.77. The third-order valence-electron chi connectivity index (χ3n) is 3.22. The molecule has 1 aromatic carbocycles. The first-order valence-electron chi connectivity index (χ1n) is 6.66. The molecule has 0 fully saturated rings. The van der Waals surface area contributed by atoms with Crippen molar-refractivity contribution in [3.05, 3.63) is 42.1 Å². The van der Waals surface area contributed by atoms with Gasteiger partial charge in [-0.2, -0.15) is 0 Å². The fourth-order valence-corrected chi connectivity index (χ4v) is 1.52. The van der Waals surface area contributed by atoms with E-state index in [0.29, 0.717) is 6.54 Å². The van der Waals surface area contributed by atoms with Crippen molar-refractivity contribution in [3.63, 3.8) is 0 Å². The Bertz CT molecular complexity index is 444. The van der Waals surface area contributed by atoms with Gasteiger partial charge in [-0.05, 0) is 31.4 Å². The van der Waals surface area contributed by atoms with Gasteiger partial charge in [0.05, 0.1) is 0 Å². The molecule has 0 bridgehead atoms. The van der Waals surface area contributed by atoms with Crippen molar-refractivity contribution in [2.75, 3.05) is 11.4 Å². The summed E-state index contributed by atoms with van der Waals surface area (Å²) in [7, 11) is 0. The number of nitrogens with zero attached hydrogens (tertiary/aromatic N) is 1. The van der Waals surface area contributed by atoms with Crippen molar-refractivity contribution in [2.45, 2.75) is 34.6 Å². The molecule has 0 aliphatic heterocycles. The van der Waals surface area contributed by atoms with Crippen LogP contribution in [0.25, 0.3) is 0 Å². The largest absolute Gasteiger partial charge is 0.325 e. The summed E-state index contributed by atoms with van der Waals surface area (Å²) in [5, 5.41) is 2.86. The molecule has 0 spiro atoms. The highest BCUT2D eigenvalue weighted by Gasteiger charge is 2.15. The van der Waals surface area contributed by atoms with E-state index in [1.165, 1.54) is 0 Å². The van der Waals surface area contributed by atoms with Crippen LogP contribution in [0.3, 0.4) is 0 Å². The summed E-state index contributed by atoms with van der Waals surface area (Å²) in [4.78, 5) is 13.9. The number of benzene rings is 1. The maximum atomic E-state index is 12.2. The SMILES string of the molecule is CCN(C(=O)N/C=C(\C)C(C)(C)C)c1ccccc1. The molecule has 0 radical (unpaired) electrons. The van der Waals surface area contributed by atoms with Gasteiger partial charge in [0, 0.05) is 18.4 Å². The minimum absolute atomic E-state index is 0.0665. The van der Waals surface area contributed by atoms with Gasteiger partial charge in [-0.1, -0.05) is 44.5 Å². The van der Waals surface area contributed by atoms with E-state index in [-0.39, 0.29) is 11.4 Å². The van der Waals surface area contributed by atoms with Crippen LogP contribution in [0.4, 0.5) is 10.5 Å². The molecule has 0 aliphatic carbocycles. The molecule has 1 aromatic rings. The Labute approximate surface area is 116 Å². The first-order valence-corrected chi connectivity index (χ1v) is 6.66. The molecule has 0 atom stereocenters. The Morgan fingerprint density at radius 3 is 2.32 bits per heavy atom. The van der Waals surface area contributed by atoms with Gasteiger partial charge in [-0.25, -0.2) is 4.79 Å². The summed E-state index contributed by atoms with van der Waals surface area (Å²) in [6.45, 7) is 11.0. The Kier molecular flexibility index (Phi) is 5.16. The summed E-state index contributed by atoms with van der Waals surface area (Å²) in [5.41, 5.74) is 2.12. The lowest BCUT2D eigenvalue weighted by Crippen LogP contribution is -2.37. The molecule has 3 heteroatoms. The van der Waals surface area contributed by atoms with E-state index in [1.54, 1.807) is 11.1 Å². The Hall–Kier alpha value is -1.77. The number of urea groups is 1. The van der Waals surface area contributed by atoms with Crippen LogP contribution in [-0.4, -0.2) is 12.6 Å². The van der Waals surface area contributed by atoms with Crippen molar-refractivity contribution in [3.8, 4) is 0 Å². The fraction of sp³-hybridized carbons (Fsp3) is 0.438. The van der Waals surface area contributed by atoms with E-state index >= 15 is 0 Å². The summed E-state index contributed by atoms with van der Waals surface area (Å²) < 4.78 is 0. The fourth-order valence-electron chi connectivity index (χ4n) is 1.52. The second kappa shape index (κ2) is 6.41. The number of allylic oxidation sites excluding steroid dienone is 1. The highest BCUT2D eigenvalue weighted by Crippen LogP contribution is 2.23. The zero-order valence-electron chi connectivity index (χ0n) is 12.5. The minimum atomic E-state index is -0.0997. The highest BCUT2D eigenvalue weighted by atomic mass is 16.2. The third kappa shape index (κ3) is 4.43. The van der Waals surface area contributed by atoms with Gasteiger partial charge in [0.2, 0.25) is 0 Å². The quantitative estimate of drug-likeness (QED) is 0.869. The normalized spacial score (nSPS) is 12.2. The van der Waals surface area contributed by atoms with E-state index in [9.17, 15) is 4.79 Å². The third-order valence-corrected chi connectivity index (χ3v) is 3.22. The molecule has 3 nitrogen and oxygen atoms in total. The number of para-hydroxylation sites is 1. The zero-order valence-corrected chi connectivity index (χ0v) is 12.5. The number of nitrogens with one attached hydrogen (secondary N) is 1. The number of hydrogen-bond acceptors (Lipinski definition) is 1. The van der Waals surface area contributed by atoms with Crippen LogP contribution in [0.15, 0.2) is 42.1 Å². The van der Waals surface area contributed by atoms with Crippen LogP contribution in [0, 0.1) is 5.41 Å². The predicted octanol–water partition coefficient (Wildman–Crippen LogP) is 4.17. The molecular formula is C16H24N2O. The van der Waals surface area contributed by atoms with Gasteiger partial charge in [0.25, 0.3) is 0 Å². The highest BCUT2D eigenvalue weighted by molar-refractivity contribution is 5.92. The number of rotatable bonds is 3. The van der Waals surface area contributed by atoms with Gasteiger partial charge in [0.15, 0.2) is 0 Å². The molecule has 1 rings (SSSR count). The first-order chi connectivity index (χ1) is 8.86. The molecule has 2 amide bonds. The molecule has 0 heterocycles. The van der Waals surface area contributed by atoms with E-state index in [4.69, 9.17) is 0 Å². The Morgan fingerprint density at radius 1 is 1.26 bits per heavy atom. The number of amides is 2. The van der Waals surface area contributed by atoms with Crippen molar-refractivity contribution >= 4 is 11.7 Å². The molecule has 1 N–H and O–H groups in total. The van der Waals surface area contributed by atoms with Crippen molar-refractivity contribution in [2.24, 2.45) is 5.41 Å². The zero-order chi connectivity index (χ0) is 14.5. The molecule has 0 aliphatic rings. The van der Waals surface area contributed by atoms with Crippen LogP contribution in [-0.2, 0) is 0 Å². The van der Waals surface area contributed by atoms with Gasteiger partial charge in [0.1, 0.15) is 0 Å². The maximum absolute atomic E-state index is 12.2. The topological polar surface area (TPSA) is 32.3 Å². The van der Waals surface area contributed by atoms with E-state index in [1.807, 2.05) is 44.2 Å². The number of carbonyl (C=O) groups excluding carboxylic acids is 1. The second-order valence-electron chi connectivity index (χ2n) is 5.61. The van der Waals surface area contributed by atoms with Crippen LogP contribution in [0.1, 0.15) is 34.6 Å². The smallest absolute Gasteiger partial charge is 0.314 e. The van der Waals surface area contributed by atoms with Crippen LogP contribution in [0.2, 0.25) is 0 Å². The molecular weight excluding hydrogens is 236 g/mol. The van der Waals surface area contributed by atoms with Gasteiger partial charge >= 0.3 is 6.03 Å². The predicted molar refractivity (Wildman–Crippen MR) is 81.2 cm³/mol. The average molecular weight is 260 g/mol. The summed E-state index contributed by atoms with van der Waals surface area (Å²) >= 11 is 0. The molecule has 0 saturated heterocycles. The number of anilines is 1. The molecule has 0 unspecified atom stereocenters. The Morgan fingerprint density at radius 2 is 1.84 bits per heavy atom. The average Bonchev–Trinajstić information content (AvgIpc) is 2.37. The minimum Gasteiger partial charge on any atom is -0.314 e. The molecule has 0 aromatic heterocycles. The van der Waals surface area contributed by atoms with Gasteiger partial charge < -0.3 is 5.32 Å². The van der Waals surface area contributed by atoms with Crippen molar-refractivity contribution in [1.29, 1.82) is 0 Å². The first kappa shape index (κ1) is 15.3. The second-order valence-corrected chi connectivity index (χ2v) is 5.61. The van der Waals surface area contributed by atoms with Gasteiger partial charge in [-0.3, -0.25) is 4.90 Å². The van der Waals surface area contributed by atoms with Crippen LogP contribution < -0.4 is 10.2 Å². The van der Waals surface area contributed by atoms with Crippen molar-refractivity contribution in [1.82, 2.24) is 5.32 Å². The monoisotopic (exact) mass is 260 g/mol. The molecule has 19 heavy (non-hydrogen) atoms. The van der Waals surface area contributed by atoms with Crippen molar-refractivity contribution < 1.29 is 4.79 Å². The lowest BCUT2D eigenvalue weighted by Gasteiger charge is -2.23. The molecule has 0 saturated carbocycles. The lowest BCUT2D eigenvalue weighted by atomic mass is 9.88. The van der Waals surface area contributed by atoms with E-state index in [0.717, 1.165) is 11.3 Å². The summed E-state index contributed by atoms with van der Waals surface area (Å²) in [6.07, 6.45) is 1.80. The number of hydrogen-bond donors (Lipinski definition) is 1. The maximum Gasteiger partial charge on any atom is 0.325 e. The summed E-state index contributed by atoms with van der Waals surface area (Å²) in [5.74, 6) is 0. The standard InChI is InChI=1S/C16H24N2O/c1-6-18(14-10-8-7-9-11-14)15(19)17-12-13(2)16(3,4)5/h7-12H,6H2,1-5H3,(H,17,19)/b13-12+.